The molecule has 0 fully saturated rings. The summed E-state index contributed by atoms with van der Waals surface area (Å²) in [6.07, 6.45) is 1.92. The minimum atomic E-state index is 0.715. The Morgan fingerprint density at radius 1 is 1.43 bits per heavy atom. The van der Waals surface area contributed by atoms with Crippen LogP contribution in [0.4, 0.5) is 0 Å². The number of benzene rings is 1. The van der Waals surface area contributed by atoms with Gasteiger partial charge in [-0.3, -0.25) is 0 Å². The van der Waals surface area contributed by atoms with E-state index in [2.05, 4.69) is 28.6 Å². The molecule has 0 saturated carbocycles. The second-order valence-corrected chi connectivity index (χ2v) is 4.18. The number of allylic oxidation sites excluding steroid dienone is 1. The summed E-state index contributed by atoms with van der Waals surface area (Å²) in [6.45, 7) is 6.54. The maximum Gasteiger partial charge on any atom is 0.122 e. The summed E-state index contributed by atoms with van der Waals surface area (Å²) >= 11 is 3.36. The van der Waals surface area contributed by atoms with E-state index in [0.717, 1.165) is 23.1 Å². The Bertz CT molecular complexity index is 307. The predicted octanol–water partition coefficient (Wildman–Crippen LogP) is 3.93. The first-order chi connectivity index (χ1) is 6.74. The smallest absolute Gasteiger partial charge is 0.122 e. The predicted molar refractivity (Wildman–Crippen MR) is 64.0 cm³/mol. The number of hydrogen-bond donors (Lipinski definition) is 0. The van der Waals surface area contributed by atoms with Crippen LogP contribution in [0.3, 0.4) is 0 Å². The average Bonchev–Trinajstić information content (AvgIpc) is 2.17. The van der Waals surface area contributed by atoms with Crippen LogP contribution in [0.5, 0.6) is 5.75 Å². The molecule has 2 heteroatoms. The normalized spacial score (nSPS) is 9.86. The monoisotopic (exact) mass is 254 g/mol. The Balaban J connectivity index is 2.68. The molecule has 0 aliphatic carbocycles. The summed E-state index contributed by atoms with van der Waals surface area (Å²) in [5.74, 6) is 0.990. The standard InChI is InChI=1S/C12H15BrO/c1-3-14-12-7-5-4-6-11(12)9-8-10(2)13/h4-7H,2-3,8-9H2,1H3. The second kappa shape index (κ2) is 5.86. The molecule has 0 bridgehead atoms. The first-order valence-corrected chi connectivity index (χ1v) is 5.57. The van der Waals surface area contributed by atoms with Gasteiger partial charge in [-0.05, 0) is 35.9 Å². The van der Waals surface area contributed by atoms with E-state index in [9.17, 15) is 0 Å². The lowest BCUT2D eigenvalue weighted by atomic mass is 10.1. The zero-order chi connectivity index (χ0) is 10.4. The fraction of sp³-hybridized carbons (Fsp3) is 0.333. The lowest BCUT2D eigenvalue weighted by Crippen LogP contribution is -1.96. The van der Waals surface area contributed by atoms with Gasteiger partial charge in [0.15, 0.2) is 0 Å². The van der Waals surface area contributed by atoms with Crippen molar-refractivity contribution >= 4 is 15.9 Å². The third-order valence-electron chi connectivity index (χ3n) is 1.94. The van der Waals surface area contributed by atoms with Gasteiger partial charge in [0.1, 0.15) is 5.75 Å². The van der Waals surface area contributed by atoms with Crippen LogP contribution in [0.25, 0.3) is 0 Å². The number of aryl methyl sites for hydroxylation is 1. The van der Waals surface area contributed by atoms with Gasteiger partial charge >= 0.3 is 0 Å². The largest absolute Gasteiger partial charge is 0.494 e. The maximum atomic E-state index is 5.52. The van der Waals surface area contributed by atoms with Crippen LogP contribution in [0.1, 0.15) is 18.9 Å². The van der Waals surface area contributed by atoms with Crippen LogP contribution in [-0.2, 0) is 6.42 Å². The van der Waals surface area contributed by atoms with E-state index in [1.165, 1.54) is 5.56 Å². The van der Waals surface area contributed by atoms with E-state index in [1.54, 1.807) is 0 Å². The Morgan fingerprint density at radius 2 is 2.14 bits per heavy atom. The van der Waals surface area contributed by atoms with E-state index >= 15 is 0 Å². The highest BCUT2D eigenvalue weighted by Gasteiger charge is 2.01. The van der Waals surface area contributed by atoms with Crippen molar-refractivity contribution in [3.63, 3.8) is 0 Å². The van der Waals surface area contributed by atoms with Gasteiger partial charge in [0.05, 0.1) is 6.61 Å². The summed E-state index contributed by atoms with van der Waals surface area (Å²) in [5, 5.41) is 0. The van der Waals surface area contributed by atoms with E-state index in [0.29, 0.717) is 6.61 Å². The minimum absolute atomic E-state index is 0.715. The molecule has 0 aliphatic heterocycles. The molecule has 1 aromatic carbocycles. The SMILES string of the molecule is C=C(Br)CCc1ccccc1OCC. The third kappa shape index (κ3) is 3.54. The summed E-state index contributed by atoms with van der Waals surface area (Å²) in [4.78, 5) is 0. The Kier molecular flexibility index (Phi) is 4.74. The Labute approximate surface area is 93.9 Å². The highest BCUT2D eigenvalue weighted by molar-refractivity contribution is 9.11. The van der Waals surface area contributed by atoms with Crippen LogP contribution in [0, 0.1) is 0 Å². The van der Waals surface area contributed by atoms with Gasteiger partial charge in [-0.2, -0.15) is 0 Å². The molecule has 0 heterocycles. The first kappa shape index (κ1) is 11.3. The Hall–Kier alpha value is -0.760. The molecule has 0 spiro atoms. The van der Waals surface area contributed by atoms with Gasteiger partial charge in [0, 0.05) is 0 Å². The molecule has 0 radical (unpaired) electrons. The van der Waals surface area contributed by atoms with Gasteiger partial charge in [-0.15, -0.1) is 0 Å². The zero-order valence-electron chi connectivity index (χ0n) is 8.42. The van der Waals surface area contributed by atoms with Crippen LogP contribution < -0.4 is 4.74 Å². The molecule has 76 valence electrons. The van der Waals surface area contributed by atoms with Crippen LogP contribution >= 0.6 is 15.9 Å². The van der Waals surface area contributed by atoms with Crippen molar-refractivity contribution in [1.29, 1.82) is 0 Å². The average molecular weight is 255 g/mol. The molecule has 0 unspecified atom stereocenters. The molecule has 0 amide bonds. The van der Waals surface area contributed by atoms with Crippen molar-refractivity contribution in [3.8, 4) is 5.75 Å². The third-order valence-corrected chi connectivity index (χ3v) is 2.33. The van der Waals surface area contributed by atoms with Gasteiger partial charge in [0.2, 0.25) is 0 Å². The number of halogens is 1. The highest BCUT2D eigenvalue weighted by Crippen LogP contribution is 2.21. The lowest BCUT2D eigenvalue weighted by molar-refractivity contribution is 0.336. The maximum absolute atomic E-state index is 5.52. The molecule has 0 N–H and O–H groups in total. The number of ether oxygens (including phenoxy) is 1. The van der Waals surface area contributed by atoms with Crippen molar-refractivity contribution in [2.75, 3.05) is 6.61 Å². The summed E-state index contributed by atoms with van der Waals surface area (Å²) in [5.41, 5.74) is 1.25. The number of rotatable bonds is 5. The van der Waals surface area contributed by atoms with Crippen LogP contribution in [-0.4, -0.2) is 6.61 Å². The fourth-order valence-corrected chi connectivity index (χ4v) is 1.48. The zero-order valence-corrected chi connectivity index (χ0v) is 10.0. The molecular weight excluding hydrogens is 240 g/mol. The topological polar surface area (TPSA) is 9.23 Å². The van der Waals surface area contributed by atoms with E-state index in [-0.39, 0.29) is 0 Å². The minimum Gasteiger partial charge on any atom is -0.494 e. The molecule has 0 aromatic heterocycles. The van der Waals surface area contributed by atoms with E-state index < -0.39 is 0 Å². The molecular formula is C12H15BrO. The van der Waals surface area contributed by atoms with Gasteiger partial charge in [-0.25, -0.2) is 0 Å². The van der Waals surface area contributed by atoms with Crippen molar-refractivity contribution in [2.24, 2.45) is 0 Å². The molecule has 1 aromatic rings. The molecule has 14 heavy (non-hydrogen) atoms. The van der Waals surface area contributed by atoms with E-state index in [1.807, 2.05) is 25.1 Å². The van der Waals surface area contributed by atoms with Crippen molar-refractivity contribution in [3.05, 3.63) is 40.9 Å². The van der Waals surface area contributed by atoms with Crippen LogP contribution in [0.2, 0.25) is 0 Å². The highest BCUT2D eigenvalue weighted by atomic mass is 79.9. The second-order valence-electron chi connectivity index (χ2n) is 3.06. The summed E-state index contributed by atoms with van der Waals surface area (Å²) in [7, 11) is 0. The number of para-hydroxylation sites is 1. The summed E-state index contributed by atoms with van der Waals surface area (Å²) in [6, 6.07) is 8.14. The van der Waals surface area contributed by atoms with Crippen molar-refractivity contribution in [1.82, 2.24) is 0 Å². The first-order valence-electron chi connectivity index (χ1n) is 4.78. The summed E-state index contributed by atoms with van der Waals surface area (Å²) < 4.78 is 6.56. The van der Waals surface area contributed by atoms with Crippen molar-refractivity contribution in [2.45, 2.75) is 19.8 Å². The quantitative estimate of drug-likeness (QED) is 0.774. The Morgan fingerprint density at radius 3 is 2.79 bits per heavy atom. The number of hydrogen-bond acceptors (Lipinski definition) is 1. The molecule has 1 rings (SSSR count). The lowest BCUT2D eigenvalue weighted by Gasteiger charge is -2.09. The van der Waals surface area contributed by atoms with Crippen LogP contribution in [0.15, 0.2) is 35.3 Å². The van der Waals surface area contributed by atoms with Gasteiger partial charge in [0.25, 0.3) is 0 Å². The molecule has 0 saturated heterocycles. The molecule has 0 aliphatic rings. The van der Waals surface area contributed by atoms with E-state index in [4.69, 9.17) is 4.74 Å². The molecule has 0 atom stereocenters. The molecule has 1 nitrogen and oxygen atoms in total. The fourth-order valence-electron chi connectivity index (χ4n) is 1.28. The van der Waals surface area contributed by atoms with Crippen molar-refractivity contribution < 1.29 is 4.74 Å². The van der Waals surface area contributed by atoms with Gasteiger partial charge in [-0.1, -0.05) is 40.7 Å². The van der Waals surface area contributed by atoms with Gasteiger partial charge < -0.3 is 4.74 Å².